The normalized spacial score (nSPS) is 12.9. The number of non-ortho nitro benzene ring substituents is 1. The smallest absolute Gasteiger partial charge is 0.305 e. The van der Waals surface area contributed by atoms with Crippen LogP contribution in [0.2, 0.25) is 0 Å². The fourth-order valence-corrected chi connectivity index (χ4v) is 2.84. The SMILES string of the molecule is O=C(O)CCN1C(=O)c2ccc(NC(=O)/C=C/c3ccc([N+](=O)[O-])cc3)cc2C1=O. The first-order chi connectivity index (χ1) is 14.3. The van der Waals surface area contributed by atoms with Gasteiger partial charge < -0.3 is 10.4 Å². The van der Waals surface area contributed by atoms with Crippen molar-refractivity contribution in [2.24, 2.45) is 0 Å². The molecule has 0 saturated heterocycles. The molecule has 0 aromatic heterocycles. The van der Waals surface area contributed by atoms with Crippen molar-refractivity contribution in [1.29, 1.82) is 0 Å². The number of carbonyl (C=O) groups excluding carboxylic acids is 3. The molecule has 30 heavy (non-hydrogen) atoms. The van der Waals surface area contributed by atoms with Crippen LogP contribution < -0.4 is 5.32 Å². The average molecular weight is 409 g/mol. The molecule has 10 heteroatoms. The van der Waals surface area contributed by atoms with E-state index in [1.807, 2.05) is 0 Å². The number of hydrogen-bond donors (Lipinski definition) is 2. The summed E-state index contributed by atoms with van der Waals surface area (Å²) in [4.78, 5) is 58.4. The highest BCUT2D eigenvalue weighted by Gasteiger charge is 2.35. The van der Waals surface area contributed by atoms with E-state index in [1.165, 1.54) is 54.6 Å². The lowest BCUT2D eigenvalue weighted by molar-refractivity contribution is -0.384. The number of nitrogens with zero attached hydrogens (tertiary/aromatic N) is 2. The molecule has 2 aromatic carbocycles. The number of nitrogens with one attached hydrogen (secondary N) is 1. The van der Waals surface area contributed by atoms with E-state index in [-0.39, 0.29) is 35.5 Å². The van der Waals surface area contributed by atoms with E-state index in [9.17, 15) is 29.3 Å². The first-order valence-electron chi connectivity index (χ1n) is 8.72. The summed E-state index contributed by atoms with van der Waals surface area (Å²) >= 11 is 0. The van der Waals surface area contributed by atoms with Crippen molar-refractivity contribution in [3.8, 4) is 0 Å². The molecule has 0 unspecified atom stereocenters. The standard InChI is InChI=1S/C20H15N3O7/c24-17(8-3-12-1-5-14(6-2-12)23(29)30)21-13-4-7-15-16(11-13)20(28)22(19(15)27)10-9-18(25)26/h1-8,11H,9-10H2,(H,21,24)(H,25,26)/b8-3+. The second-order valence-corrected chi connectivity index (χ2v) is 6.34. The summed E-state index contributed by atoms with van der Waals surface area (Å²) in [7, 11) is 0. The Labute approximate surface area is 169 Å². The molecule has 0 spiro atoms. The van der Waals surface area contributed by atoms with Gasteiger partial charge in [0.2, 0.25) is 5.91 Å². The van der Waals surface area contributed by atoms with Crippen molar-refractivity contribution >= 4 is 41.1 Å². The molecule has 1 aliphatic heterocycles. The van der Waals surface area contributed by atoms with Crippen LogP contribution in [0.1, 0.15) is 32.7 Å². The number of anilines is 1. The number of aliphatic carboxylic acids is 1. The van der Waals surface area contributed by atoms with E-state index in [1.54, 1.807) is 0 Å². The van der Waals surface area contributed by atoms with Crippen LogP contribution in [0, 0.1) is 10.1 Å². The minimum Gasteiger partial charge on any atom is -0.481 e. The molecule has 1 heterocycles. The van der Waals surface area contributed by atoms with Crippen LogP contribution in [0.15, 0.2) is 48.5 Å². The summed E-state index contributed by atoms with van der Waals surface area (Å²) in [6, 6.07) is 9.83. The molecule has 3 amide bonds. The van der Waals surface area contributed by atoms with E-state index in [0.717, 1.165) is 4.90 Å². The molecule has 152 valence electrons. The minimum atomic E-state index is -1.13. The van der Waals surface area contributed by atoms with Crippen LogP contribution >= 0.6 is 0 Å². The number of rotatable bonds is 7. The van der Waals surface area contributed by atoms with E-state index in [4.69, 9.17) is 5.11 Å². The van der Waals surface area contributed by atoms with Crippen molar-refractivity contribution in [3.63, 3.8) is 0 Å². The van der Waals surface area contributed by atoms with E-state index in [0.29, 0.717) is 5.56 Å². The molecule has 3 rings (SSSR count). The quantitative estimate of drug-likeness (QED) is 0.309. The number of carboxylic acid groups (broad SMARTS) is 1. The minimum absolute atomic E-state index is 0.0636. The average Bonchev–Trinajstić information content (AvgIpc) is 2.94. The molecule has 2 aromatic rings. The Bertz CT molecular complexity index is 1090. The van der Waals surface area contributed by atoms with Gasteiger partial charge in [-0.15, -0.1) is 0 Å². The van der Waals surface area contributed by atoms with Crippen molar-refractivity contribution in [2.75, 3.05) is 11.9 Å². The van der Waals surface area contributed by atoms with Crippen molar-refractivity contribution in [1.82, 2.24) is 4.90 Å². The van der Waals surface area contributed by atoms with Crippen LogP contribution in [0.4, 0.5) is 11.4 Å². The number of imide groups is 1. The molecule has 0 aliphatic carbocycles. The Balaban J connectivity index is 1.68. The highest BCUT2D eigenvalue weighted by Crippen LogP contribution is 2.26. The first-order valence-corrected chi connectivity index (χ1v) is 8.72. The first kappa shape index (κ1) is 20.4. The van der Waals surface area contributed by atoms with Crippen LogP contribution in [0.25, 0.3) is 6.08 Å². The second kappa shape index (κ2) is 8.35. The second-order valence-electron chi connectivity index (χ2n) is 6.34. The zero-order chi connectivity index (χ0) is 21.8. The summed E-state index contributed by atoms with van der Waals surface area (Å²) in [6.07, 6.45) is 2.33. The van der Waals surface area contributed by atoms with Gasteiger partial charge in [0.05, 0.1) is 22.5 Å². The molecule has 10 nitrogen and oxygen atoms in total. The summed E-state index contributed by atoms with van der Waals surface area (Å²) in [6.45, 7) is -0.235. The zero-order valence-electron chi connectivity index (χ0n) is 15.4. The number of nitro groups is 1. The molecular formula is C20H15N3O7. The number of benzene rings is 2. The number of hydrogen-bond acceptors (Lipinski definition) is 6. The van der Waals surface area contributed by atoms with Gasteiger partial charge in [-0.05, 0) is 42.0 Å². The molecule has 0 radical (unpaired) electrons. The summed E-state index contributed by atoms with van der Waals surface area (Å²) in [5.74, 6) is -2.83. The maximum Gasteiger partial charge on any atom is 0.305 e. The van der Waals surface area contributed by atoms with Gasteiger partial charge in [0.25, 0.3) is 17.5 Å². The molecular weight excluding hydrogens is 394 g/mol. The third-order valence-electron chi connectivity index (χ3n) is 4.32. The number of fused-ring (bicyclic) bond motifs is 1. The number of amides is 3. The lowest BCUT2D eigenvalue weighted by Crippen LogP contribution is -2.31. The van der Waals surface area contributed by atoms with Gasteiger partial charge >= 0.3 is 5.97 Å². The van der Waals surface area contributed by atoms with Crippen LogP contribution in [0.5, 0.6) is 0 Å². The van der Waals surface area contributed by atoms with Gasteiger partial charge in [-0.2, -0.15) is 0 Å². The van der Waals surface area contributed by atoms with Gasteiger partial charge in [0.1, 0.15) is 0 Å². The number of carbonyl (C=O) groups is 4. The zero-order valence-corrected chi connectivity index (χ0v) is 15.4. The third kappa shape index (κ3) is 4.38. The number of carboxylic acids is 1. The molecule has 0 saturated carbocycles. The third-order valence-corrected chi connectivity index (χ3v) is 4.32. The fourth-order valence-electron chi connectivity index (χ4n) is 2.84. The Morgan fingerprint density at radius 1 is 1.07 bits per heavy atom. The maximum atomic E-state index is 12.4. The van der Waals surface area contributed by atoms with E-state index >= 15 is 0 Å². The van der Waals surface area contributed by atoms with Crippen molar-refractivity contribution in [3.05, 3.63) is 75.3 Å². The summed E-state index contributed by atoms with van der Waals surface area (Å²) in [5.41, 5.74) is 1.03. The van der Waals surface area contributed by atoms with E-state index < -0.39 is 28.6 Å². The van der Waals surface area contributed by atoms with E-state index in [2.05, 4.69) is 5.32 Å². The van der Waals surface area contributed by atoms with Gasteiger partial charge in [-0.3, -0.25) is 34.2 Å². The lowest BCUT2D eigenvalue weighted by atomic mass is 10.1. The predicted molar refractivity (Wildman–Crippen MR) is 105 cm³/mol. The van der Waals surface area contributed by atoms with Gasteiger partial charge in [-0.1, -0.05) is 0 Å². The molecule has 0 bridgehead atoms. The fraction of sp³-hybridized carbons (Fsp3) is 0.100. The molecule has 1 aliphatic rings. The maximum absolute atomic E-state index is 12.4. The molecule has 0 fully saturated rings. The largest absolute Gasteiger partial charge is 0.481 e. The van der Waals surface area contributed by atoms with Crippen LogP contribution in [0.3, 0.4) is 0 Å². The van der Waals surface area contributed by atoms with Crippen LogP contribution in [-0.4, -0.2) is 45.2 Å². The summed E-state index contributed by atoms with van der Waals surface area (Å²) < 4.78 is 0. The predicted octanol–water partition coefficient (Wildman–Crippen LogP) is 2.32. The van der Waals surface area contributed by atoms with Gasteiger partial charge in [-0.25, -0.2) is 0 Å². The monoisotopic (exact) mass is 409 g/mol. The van der Waals surface area contributed by atoms with Gasteiger partial charge in [0.15, 0.2) is 0 Å². The highest BCUT2D eigenvalue weighted by atomic mass is 16.6. The summed E-state index contributed by atoms with van der Waals surface area (Å²) in [5, 5.41) is 21.9. The topological polar surface area (TPSA) is 147 Å². The van der Waals surface area contributed by atoms with Crippen LogP contribution in [-0.2, 0) is 9.59 Å². The Kier molecular flexibility index (Phi) is 5.68. The molecule has 2 N–H and O–H groups in total. The van der Waals surface area contributed by atoms with Crippen molar-refractivity contribution in [2.45, 2.75) is 6.42 Å². The van der Waals surface area contributed by atoms with Crippen molar-refractivity contribution < 1.29 is 29.2 Å². The highest BCUT2D eigenvalue weighted by molar-refractivity contribution is 6.22. The Hall–Kier alpha value is -4.34. The lowest BCUT2D eigenvalue weighted by Gasteiger charge is -2.11. The number of nitro benzene ring substituents is 1. The molecule has 0 atom stereocenters. The van der Waals surface area contributed by atoms with Gasteiger partial charge in [0, 0.05) is 30.4 Å². The Morgan fingerprint density at radius 3 is 2.37 bits per heavy atom. The Morgan fingerprint density at radius 2 is 1.73 bits per heavy atom.